The van der Waals surface area contributed by atoms with Gasteiger partial charge in [0.2, 0.25) is 5.91 Å². The van der Waals surface area contributed by atoms with Crippen LogP contribution in [0.5, 0.6) is 0 Å². The molecule has 2 heterocycles. The zero-order chi connectivity index (χ0) is 15.4. The van der Waals surface area contributed by atoms with Crippen LogP contribution in [0.1, 0.15) is 12.2 Å². The second-order valence-corrected chi connectivity index (χ2v) is 5.24. The molecule has 0 aliphatic rings. The van der Waals surface area contributed by atoms with Crippen molar-refractivity contribution >= 4 is 16.9 Å². The molecule has 114 valence electrons. The molecule has 1 N–H and O–H groups in total. The van der Waals surface area contributed by atoms with E-state index in [1.54, 1.807) is 12.5 Å². The number of benzene rings is 1. The molecule has 0 aliphatic carbocycles. The second kappa shape index (κ2) is 6.43. The zero-order valence-electron chi connectivity index (χ0n) is 12.6. The number of carbonyl (C=O) groups excluding carboxylic acids is 1. The van der Waals surface area contributed by atoms with Crippen molar-refractivity contribution in [2.45, 2.75) is 26.4 Å². The monoisotopic (exact) mass is 297 g/mol. The number of carbonyl (C=O) groups is 1. The van der Waals surface area contributed by atoms with Gasteiger partial charge >= 0.3 is 0 Å². The first-order valence-electron chi connectivity index (χ1n) is 7.38. The van der Waals surface area contributed by atoms with Crippen molar-refractivity contribution in [3.63, 3.8) is 0 Å². The van der Waals surface area contributed by atoms with Crippen molar-refractivity contribution in [3.05, 3.63) is 48.8 Å². The van der Waals surface area contributed by atoms with E-state index in [0.717, 1.165) is 29.8 Å². The predicted molar refractivity (Wildman–Crippen MR) is 84.3 cm³/mol. The van der Waals surface area contributed by atoms with Crippen LogP contribution in [-0.2, 0) is 17.9 Å². The van der Waals surface area contributed by atoms with Crippen molar-refractivity contribution in [1.82, 2.24) is 24.4 Å². The zero-order valence-corrected chi connectivity index (χ0v) is 12.6. The first-order valence-corrected chi connectivity index (χ1v) is 7.38. The Kier molecular flexibility index (Phi) is 4.18. The fourth-order valence-corrected chi connectivity index (χ4v) is 2.50. The Hall–Kier alpha value is -2.63. The topological polar surface area (TPSA) is 64.7 Å². The third-order valence-electron chi connectivity index (χ3n) is 3.62. The molecule has 0 aliphatic heterocycles. The number of aromatic nitrogens is 4. The van der Waals surface area contributed by atoms with E-state index in [1.807, 2.05) is 46.5 Å². The molecule has 0 atom stereocenters. The first-order chi connectivity index (χ1) is 10.7. The van der Waals surface area contributed by atoms with Gasteiger partial charge in [-0.15, -0.1) is 0 Å². The maximum absolute atomic E-state index is 12.1. The van der Waals surface area contributed by atoms with Gasteiger partial charge in [-0.3, -0.25) is 4.79 Å². The minimum absolute atomic E-state index is 0.0110. The third kappa shape index (κ3) is 3.16. The molecule has 6 nitrogen and oxygen atoms in total. The van der Waals surface area contributed by atoms with Crippen LogP contribution in [0.2, 0.25) is 0 Å². The minimum Gasteiger partial charge on any atom is -0.354 e. The number of nitrogens with zero attached hydrogens (tertiary/aromatic N) is 4. The molecule has 0 radical (unpaired) electrons. The lowest BCUT2D eigenvalue weighted by Gasteiger charge is -2.08. The number of hydrogen-bond acceptors (Lipinski definition) is 3. The Morgan fingerprint density at radius 1 is 1.32 bits per heavy atom. The summed E-state index contributed by atoms with van der Waals surface area (Å²) in [6.45, 7) is 3.74. The van der Waals surface area contributed by atoms with Crippen LogP contribution in [0.4, 0.5) is 0 Å². The van der Waals surface area contributed by atoms with Crippen LogP contribution in [-0.4, -0.2) is 31.6 Å². The van der Waals surface area contributed by atoms with Crippen LogP contribution in [0, 0.1) is 6.92 Å². The smallest absolute Gasteiger partial charge is 0.240 e. The summed E-state index contributed by atoms with van der Waals surface area (Å²) in [4.78, 5) is 20.5. The van der Waals surface area contributed by atoms with Crippen molar-refractivity contribution in [2.24, 2.45) is 0 Å². The lowest BCUT2D eigenvalue weighted by atomic mass is 10.3. The van der Waals surface area contributed by atoms with E-state index in [0.29, 0.717) is 13.1 Å². The SMILES string of the molecule is Cc1nc2ccccc2n1CC(=O)NCCCn1ccnc1. The molecule has 0 saturated heterocycles. The van der Waals surface area contributed by atoms with Crippen molar-refractivity contribution in [1.29, 1.82) is 0 Å². The summed E-state index contributed by atoms with van der Waals surface area (Å²) in [7, 11) is 0. The van der Waals surface area contributed by atoms with E-state index in [-0.39, 0.29) is 5.91 Å². The fraction of sp³-hybridized carbons (Fsp3) is 0.312. The average molecular weight is 297 g/mol. The fourth-order valence-electron chi connectivity index (χ4n) is 2.50. The van der Waals surface area contributed by atoms with Gasteiger partial charge < -0.3 is 14.5 Å². The highest BCUT2D eigenvalue weighted by Crippen LogP contribution is 2.14. The summed E-state index contributed by atoms with van der Waals surface area (Å²) < 4.78 is 3.94. The Morgan fingerprint density at radius 3 is 3.00 bits per heavy atom. The number of imidazole rings is 2. The van der Waals surface area contributed by atoms with E-state index < -0.39 is 0 Å². The highest BCUT2D eigenvalue weighted by Gasteiger charge is 2.10. The Bertz CT molecular complexity index is 760. The number of amides is 1. The summed E-state index contributed by atoms with van der Waals surface area (Å²) in [5.74, 6) is 0.867. The maximum atomic E-state index is 12.1. The standard InChI is InChI=1S/C16H19N5O/c1-13-19-14-5-2-3-6-15(14)21(13)11-16(22)18-7-4-9-20-10-8-17-12-20/h2-3,5-6,8,10,12H,4,7,9,11H2,1H3,(H,18,22). The van der Waals surface area contributed by atoms with Crippen LogP contribution in [0.3, 0.4) is 0 Å². The van der Waals surface area contributed by atoms with Gasteiger partial charge in [0.1, 0.15) is 12.4 Å². The number of nitrogens with one attached hydrogen (secondary N) is 1. The number of hydrogen-bond donors (Lipinski definition) is 1. The quantitative estimate of drug-likeness (QED) is 0.705. The molecule has 3 rings (SSSR count). The van der Waals surface area contributed by atoms with Gasteiger partial charge in [0, 0.05) is 25.5 Å². The highest BCUT2D eigenvalue weighted by atomic mass is 16.1. The van der Waals surface area contributed by atoms with E-state index in [9.17, 15) is 4.79 Å². The molecule has 6 heteroatoms. The van der Waals surface area contributed by atoms with Gasteiger partial charge in [0.25, 0.3) is 0 Å². The van der Waals surface area contributed by atoms with Gasteiger partial charge in [0.15, 0.2) is 0 Å². The van der Waals surface area contributed by atoms with Crippen LogP contribution >= 0.6 is 0 Å². The Morgan fingerprint density at radius 2 is 2.18 bits per heavy atom. The Balaban J connectivity index is 1.53. The van der Waals surface area contributed by atoms with E-state index in [2.05, 4.69) is 15.3 Å². The molecule has 0 unspecified atom stereocenters. The number of rotatable bonds is 6. The van der Waals surface area contributed by atoms with Crippen molar-refractivity contribution in [2.75, 3.05) is 6.54 Å². The van der Waals surface area contributed by atoms with E-state index in [4.69, 9.17) is 0 Å². The molecule has 0 fully saturated rings. The molecule has 0 bridgehead atoms. The van der Waals surface area contributed by atoms with Crippen molar-refractivity contribution < 1.29 is 4.79 Å². The number of para-hydroxylation sites is 2. The molecule has 2 aromatic heterocycles. The lowest BCUT2D eigenvalue weighted by Crippen LogP contribution is -2.29. The summed E-state index contributed by atoms with van der Waals surface area (Å²) in [6, 6.07) is 7.86. The van der Waals surface area contributed by atoms with E-state index >= 15 is 0 Å². The van der Waals surface area contributed by atoms with Gasteiger partial charge in [0.05, 0.1) is 17.4 Å². The van der Waals surface area contributed by atoms with Crippen LogP contribution in [0.25, 0.3) is 11.0 Å². The third-order valence-corrected chi connectivity index (χ3v) is 3.62. The molecule has 1 amide bonds. The van der Waals surface area contributed by atoms with Gasteiger partial charge in [-0.25, -0.2) is 9.97 Å². The van der Waals surface area contributed by atoms with Crippen LogP contribution < -0.4 is 5.32 Å². The summed E-state index contributed by atoms with van der Waals surface area (Å²) in [5.41, 5.74) is 1.92. The summed E-state index contributed by atoms with van der Waals surface area (Å²) >= 11 is 0. The van der Waals surface area contributed by atoms with Crippen LogP contribution in [0.15, 0.2) is 43.0 Å². The Labute approximate surface area is 128 Å². The maximum Gasteiger partial charge on any atom is 0.240 e. The molecule has 22 heavy (non-hydrogen) atoms. The lowest BCUT2D eigenvalue weighted by molar-refractivity contribution is -0.121. The van der Waals surface area contributed by atoms with Crippen molar-refractivity contribution in [3.8, 4) is 0 Å². The molecule has 0 saturated carbocycles. The average Bonchev–Trinajstić information content (AvgIpc) is 3.13. The second-order valence-electron chi connectivity index (χ2n) is 5.24. The normalized spacial score (nSPS) is 11.0. The minimum atomic E-state index is 0.0110. The molecule has 1 aromatic carbocycles. The predicted octanol–water partition coefficient (Wildman–Crippen LogP) is 1.75. The van der Waals surface area contributed by atoms with E-state index in [1.165, 1.54) is 0 Å². The molecular weight excluding hydrogens is 278 g/mol. The number of aryl methyl sites for hydroxylation is 2. The number of fused-ring (bicyclic) bond motifs is 1. The largest absolute Gasteiger partial charge is 0.354 e. The molecule has 3 aromatic rings. The summed E-state index contributed by atoms with van der Waals surface area (Å²) in [5, 5.41) is 2.95. The van der Waals surface area contributed by atoms with Gasteiger partial charge in [-0.1, -0.05) is 12.1 Å². The highest BCUT2D eigenvalue weighted by molar-refractivity contribution is 5.81. The molecular formula is C16H19N5O. The summed E-state index contributed by atoms with van der Waals surface area (Å²) in [6.07, 6.45) is 6.34. The van der Waals surface area contributed by atoms with Gasteiger partial charge in [-0.05, 0) is 25.5 Å². The van der Waals surface area contributed by atoms with Gasteiger partial charge in [-0.2, -0.15) is 0 Å². The molecule has 0 spiro atoms. The first kappa shape index (κ1) is 14.3.